The van der Waals surface area contributed by atoms with Crippen LogP contribution < -0.4 is 5.32 Å². The number of benzene rings is 1. The number of nitrogens with one attached hydrogen (secondary N) is 1. The van der Waals surface area contributed by atoms with Crippen molar-refractivity contribution in [1.82, 2.24) is 0 Å². The lowest BCUT2D eigenvalue weighted by molar-refractivity contribution is 0.561. The van der Waals surface area contributed by atoms with Crippen LogP contribution in [0.5, 0.6) is 0 Å². The summed E-state index contributed by atoms with van der Waals surface area (Å²) in [6.45, 7) is 5.68. The van der Waals surface area contributed by atoms with Gasteiger partial charge in [0.25, 0.3) is 0 Å². The summed E-state index contributed by atoms with van der Waals surface area (Å²) in [5.41, 5.74) is 5.41. The van der Waals surface area contributed by atoms with Crippen LogP contribution >= 0.6 is 0 Å². The summed E-state index contributed by atoms with van der Waals surface area (Å²) in [5.74, 6) is -1.59. The molecule has 0 saturated carbocycles. The molecule has 0 heterocycles. The summed E-state index contributed by atoms with van der Waals surface area (Å²) in [4.78, 5) is 0. The Morgan fingerprint density at radius 2 is 2.00 bits per heavy atom. The third-order valence-corrected chi connectivity index (χ3v) is 3.88. The van der Waals surface area contributed by atoms with Crippen LogP contribution in [0.1, 0.15) is 18.9 Å². The molecule has 0 aromatic heterocycles. The van der Waals surface area contributed by atoms with E-state index in [1.165, 1.54) is 12.2 Å². The van der Waals surface area contributed by atoms with Crippen LogP contribution in [-0.4, -0.2) is 7.05 Å². The largest absolute Gasteiger partial charge is 0.388 e. The van der Waals surface area contributed by atoms with Crippen molar-refractivity contribution in [3.8, 4) is 0 Å². The van der Waals surface area contributed by atoms with Crippen LogP contribution in [0.2, 0.25) is 0 Å². The SMILES string of the molecule is C=C(C)C(C/C=C/c1ccc(NC)cc1)C1=C(F)C=C=CC=C1F. The fourth-order valence-corrected chi connectivity index (χ4v) is 2.52. The monoisotopic (exact) mass is 325 g/mol. The van der Waals surface area contributed by atoms with Gasteiger partial charge in [0.1, 0.15) is 11.7 Å². The lowest BCUT2D eigenvalue weighted by Crippen LogP contribution is -2.07. The molecular weight excluding hydrogens is 304 g/mol. The highest BCUT2D eigenvalue weighted by molar-refractivity contribution is 5.55. The van der Waals surface area contributed by atoms with E-state index in [1.807, 2.05) is 43.5 Å². The van der Waals surface area contributed by atoms with Crippen molar-refractivity contribution < 1.29 is 8.78 Å². The minimum atomic E-state index is -0.600. The van der Waals surface area contributed by atoms with Gasteiger partial charge in [-0.25, -0.2) is 8.78 Å². The molecule has 2 rings (SSSR count). The van der Waals surface area contributed by atoms with Gasteiger partial charge >= 0.3 is 0 Å². The lowest BCUT2D eigenvalue weighted by atomic mass is 9.87. The van der Waals surface area contributed by atoms with Crippen molar-refractivity contribution in [3.05, 3.63) is 89.2 Å². The molecule has 24 heavy (non-hydrogen) atoms. The normalized spacial score (nSPS) is 15.4. The van der Waals surface area contributed by atoms with E-state index in [-0.39, 0.29) is 5.57 Å². The average molecular weight is 325 g/mol. The molecule has 1 aliphatic rings. The molecule has 3 heteroatoms. The Labute approximate surface area is 142 Å². The van der Waals surface area contributed by atoms with E-state index in [9.17, 15) is 8.78 Å². The molecule has 1 aromatic rings. The van der Waals surface area contributed by atoms with Gasteiger partial charge in [-0.05, 0) is 43.2 Å². The Morgan fingerprint density at radius 1 is 1.29 bits per heavy atom. The molecule has 1 N–H and O–H groups in total. The van der Waals surface area contributed by atoms with Gasteiger partial charge in [-0.3, -0.25) is 0 Å². The predicted molar refractivity (Wildman–Crippen MR) is 97.9 cm³/mol. The molecule has 0 aliphatic heterocycles. The third kappa shape index (κ3) is 4.43. The Morgan fingerprint density at radius 3 is 2.62 bits per heavy atom. The first-order valence-electron chi connectivity index (χ1n) is 7.81. The van der Waals surface area contributed by atoms with Gasteiger partial charge in [0.15, 0.2) is 0 Å². The summed E-state index contributed by atoms with van der Waals surface area (Å²) >= 11 is 0. The van der Waals surface area contributed by atoms with E-state index in [1.54, 1.807) is 6.92 Å². The number of hydrogen-bond acceptors (Lipinski definition) is 1. The summed E-state index contributed by atoms with van der Waals surface area (Å²) in [7, 11) is 1.86. The maximum Gasteiger partial charge on any atom is 0.137 e. The fraction of sp³-hybridized carbons (Fsp3) is 0.190. The first kappa shape index (κ1) is 17.7. The van der Waals surface area contributed by atoms with Gasteiger partial charge in [0, 0.05) is 30.3 Å². The highest BCUT2D eigenvalue weighted by Gasteiger charge is 2.22. The lowest BCUT2D eigenvalue weighted by Gasteiger charge is -2.18. The molecule has 1 unspecified atom stereocenters. The van der Waals surface area contributed by atoms with Crippen LogP contribution in [0.3, 0.4) is 0 Å². The van der Waals surface area contributed by atoms with Crippen molar-refractivity contribution >= 4 is 11.8 Å². The second kappa shape index (κ2) is 8.28. The van der Waals surface area contributed by atoms with Crippen LogP contribution in [0.25, 0.3) is 6.08 Å². The predicted octanol–water partition coefficient (Wildman–Crippen LogP) is 6.13. The Kier molecular flexibility index (Phi) is 6.11. The van der Waals surface area contributed by atoms with Crippen LogP contribution in [0, 0.1) is 5.92 Å². The average Bonchev–Trinajstić information content (AvgIpc) is 2.73. The van der Waals surface area contributed by atoms with Gasteiger partial charge in [-0.15, -0.1) is 5.73 Å². The molecule has 1 aliphatic carbocycles. The molecule has 0 bridgehead atoms. The van der Waals surface area contributed by atoms with Gasteiger partial charge < -0.3 is 5.32 Å². The quantitative estimate of drug-likeness (QED) is 0.490. The Balaban J connectivity index is 2.18. The van der Waals surface area contributed by atoms with Crippen molar-refractivity contribution in [2.24, 2.45) is 5.92 Å². The summed E-state index contributed by atoms with van der Waals surface area (Å²) < 4.78 is 28.4. The van der Waals surface area contributed by atoms with Crippen LogP contribution in [-0.2, 0) is 0 Å². The van der Waals surface area contributed by atoms with Crippen LogP contribution in [0.4, 0.5) is 14.5 Å². The molecule has 1 atom stereocenters. The highest BCUT2D eigenvalue weighted by Crippen LogP contribution is 2.34. The summed E-state index contributed by atoms with van der Waals surface area (Å²) in [6, 6.07) is 7.91. The van der Waals surface area contributed by atoms with E-state index in [0.717, 1.165) is 17.3 Å². The Bertz CT molecular complexity index is 758. The molecule has 1 nitrogen and oxygen atoms in total. The third-order valence-electron chi connectivity index (χ3n) is 3.88. The van der Waals surface area contributed by atoms with Crippen LogP contribution in [0.15, 0.2) is 83.7 Å². The number of halogens is 2. The van der Waals surface area contributed by atoms with E-state index < -0.39 is 17.6 Å². The van der Waals surface area contributed by atoms with E-state index in [2.05, 4.69) is 17.6 Å². The zero-order valence-electron chi connectivity index (χ0n) is 13.9. The molecule has 0 radical (unpaired) electrons. The molecule has 0 spiro atoms. The fourth-order valence-electron chi connectivity index (χ4n) is 2.52. The van der Waals surface area contributed by atoms with E-state index >= 15 is 0 Å². The zero-order valence-corrected chi connectivity index (χ0v) is 13.9. The first-order valence-corrected chi connectivity index (χ1v) is 7.81. The van der Waals surface area contributed by atoms with Crippen molar-refractivity contribution in [2.75, 3.05) is 12.4 Å². The molecule has 0 saturated heterocycles. The smallest absolute Gasteiger partial charge is 0.137 e. The second-order valence-corrected chi connectivity index (χ2v) is 5.66. The maximum atomic E-state index is 14.2. The highest BCUT2D eigenvalue weighted by atomic mass is 19.1. The minimum absolute atomic E-state index is 0.0407. The number of rotatable bonds is 6. The minimum Gasteiger partial charge on any atom is -0.388 e. The van der Waals surface area contributed by atoms with Gasteiger partial charge in [0.2, 0.25) is 0 Å². The van der Waals surface area contributed by atoms with Crippen molar-refractivity contribution in [2.45, 2.75) is 13.3 Å². The summed E-state index contributed by atoms with van der Waals surface area (Å²) in [5, 5.41) is 3.06. The van der Waals surface area contributed by atoms with Gasteiger partial charge in [-0.1, -0.05) is 36.4 Å². The standard InChI is InChI=1S/C21H21F2N/c1-15(2)18(21-19(22)9-4-5-10-20(21)23)8-6-7-16-11-13-17(24-3)14-12-16/h4,6-7,9-14,18,24H,1,8H2,2-3H3/b7-6+. The summed E-state index contributed by atoms with van der Waals surface area (Å²) in [6.07, 6.45) is 8.10. The molecule has 1 aromatic carbocycles. The number of allylic oxidation sites excluding steroid dienone is 7. The topological polar surface area (TPSA) is 12.0 Å². The van der Waals surface area contributed by atoms with E-state index in [0.29, 0.717) is 12.0 Å². The molecular formula is C21H21F2N. The van der Waals surface area contributed by atoms with Gasteiger partial charge in [0.05, 0.1) is 0 Å². The van der Waals surface area contributed by atoms with E-state index in [4.69, 9.17) is 0 Å². The van der Waals surface area contributed by atoms with Crippen molar-refractivity contribution in [3.63, 3.8) is 0 Å². The molecule has 0 fully saturated rings. The number of anilines is 1. The van der Waals surface area contributed by atoms with Gasteiger partial charge in [-0.2, -0.15) is 0 Å². The number of hydrogen-bond donors (Lipinski definition) is 1. The molecule has 124 valence electrons. The van der Waals surface area contributed by atoms with Crippen molar-refractivity contribution in [1.29, 1.82) is 0 Å². The molecule has 0 amide bonds. The maximum absolute atomic E-state index is 14.2. The first-order chi connectivity index (χ1) is 11.5. The Hall–Kier alpha value is -2.64. The zero-order chi connectivity index (χ0) is 17.5. The second-order valence-electron chi connectivity index (χ2n) is 5.66.